The van der Waals surface area contributed by atoms with Crippen molar-refractivity contribution in [3.05, 3.63) is 67.4 Å². The third-order valence-electron chi connectivity index (χ3n) is 2.58. The first-order chi connectivity index (χ1) is 9.88. The Morgan fingerprint density at radius 3 is 2.62 bits per heavy atom. The SMILES string of the molecule is O=C(Nc1ccc(Cl)cc1Br)c1cc(F)ccc1[N+](=O)[O-]. The van der Waals surface area contributed by atoms with Crippen molar-refractivity contribution in [1.29, 1.82) is 0 Å². The monoisotopic (exact) mass is 372 g/mol. The summed E-state index contributed by atoms with van der Waals surface area (Å²) < 4.78 is 13.7. The smallest absolute Gasteiger partial charge is 0.282 e. The van der Waals surface area contributed by atoms with E-state index in [2.05, 4.69) is 21.2 Å². The Balaban J connectivity index is 2.36. The van der Waals surface area contributed by atoms with E-state index in [9.17, 15) is 19.3 Å². The second kappa shape index (κ2) is 6.19. The normalized spacial score (nSPS) is 10.2. The van der Waals surface area contributed by atoms with Crippen molar-refractivity contribution in [3.8, 4) is 0 Å². The summed E-state index contributed by atoms with van der Waals surface area (Å²) >= 11 is 8.98. The molecule has 21 heavy (non-hydrogen) atoms. The summed E-state index contributed by atoms with van der Waals surface area (Å²) in [5.74, 6) is -1.52. The quantitative estimate of drug-likeness (QED) is 0.640. The van der Waals surface area contributed by atoms with E-state index in [-0.39, 0.29) is 5.56 Å². The van der Waals surface area contributed by atoms with Crippen molar-refractivity contribution < 1.29 is 14.1 Å². The molecule has 0 aliphatic carbocycles. The van der Waals surface area contributed by atoms with Crippen molar-refractivity contribution in [1.82, 2.24) is 0 Å². The highest BCUT2D eigenvalue weighted by molar-refractivity contribution is 9.10. The average molecular weight is 374 g/mol. The van der Waals surface area contributed by atoms with Crippen molar-refractivity contribution in [2.24, 2.45) is 0 Å². The van der Waals surface area contributed by atoms with Gasteiger partial charge in [0.25, 0.3) is 11.6 Å². The predicted molar refractivity (Wildman–Crippen MR) is 80.2 cm³/mol. The zero-order valence-electron chi connectivity index (χ0n) is 10.3. The number of anilines is 1. The van der Waals surface area contributed by atoms with E-state index in [4.69, 9.17) is 11.6 Å². The summed E-state index contributed by atoms with van der Waals surface area (Å²) in [5, 5.41) is 13.8. The van der Waals surface area contributed by atoms with Crippen molar-refractivity contribution in [3.63, 3.8) is 0 Å². The van der Waals surface area contributed by atoms with E-state index in [1.54, 1.807) is 12.1 Å². The van der Waals surface area contributed by atoms with Gasteiger partial charge in [0, 0.05) is 15.6 Å². The van der Waals surface area contributed by atoms with Gasteiger partial charge in [0.05, 0.1) is 10.6 Å². The minimum atomic E-state index is -0.788. The molecular formula is C13H7BrClFN2O3. The number of benzene rings is 2. The minimum absolute atomic E-state index is 0.359. The van der Waals surface area contributed by atoms with Crippen LogP contribution in [0.1, 0.15) is 10.4 Å². The number of halogens is 3. The largest absolute Gasteiger partial charge is 0.321 e. The van der Waals surface area contributed by atoms with Gasteiger partial charge in [-0.2, -0.15) is 0 Å². The zero-order valence-corrected chi connectivity index (χ0v) is 12.6. The molecule has 0 heterocycles. The summed E-state index contributed by atoms with van der Waals surface area (Å²) in [5.41, 5.74) is -0.469. The number of nitrogens with zero attached hydrogens (tertiary/aromatic N) is 1. The van der Waals surface area contributed by atoms with Crippen LogP contribution in [0.2, 0.25) is 5.02 Å². The van der Waals surface area contributed by atoms with Gasteiger partial charge in [0.2, 0.25) is 0 Å². The molecule has 0 saturated heterocycles. The van der Waals surface area contributed by atoms with E-state index >= 15 is 0 Å². The van der Waals surface area contributed by atoms with Gasteiger partial charge >= 0.3 is 0 Å². The number of rotatable bonds is 3. The first kappa shape index (κ1) is 15.4. The highest BCUT2D eigenvalue weighted by Crippen LogP contribution is 2.27. The van der Waals surface area contributed by atoms with Crippen molar-refractivity contribution in [2.45, 2.75) is 0 Å². The number of carbonyl (C=O) groups is 1. The highest BCUT2D eigenvalue weighted by Gasteiger charge is 2.21. The molecule has 0 radical (unpaired) electrons. The maximum Gasteiger partial charge on any atom is 0.282 e. The van der Waals surface area contributed by atoms with Crippen LogP contribution in [0.5, 0.6) is 0 Å². The lowest BCUT2D eigenvalue weighted by Gasteiger charge is -2.08. The standard InChI is InChI=1S/C13H7BrClFN2O3/c14-10-5-7(15)1-3-11(10)17-13(19)9-6-8(16)2-4-12(9)18(20)21/h1-6H,(H,17,19). The lowest BCUT2D eigenvalue weighted by Crippen LogP contribution is -2.14. The zero-order chi connectivity index (χ0) is 15.6. The van der Waals surface area contributed by atoms with Crippen LogP contribution < -0.4 is 5.32 Å². The molecule has 0 aliphatic rings. The molecule has 0 fully saturated rings. The van der Waals surface area contributed by atoms with Crippen molar-refractivity contribution >= 4 is 44.8 Å². The van der Waals surface area contributed by atoms with E-state index in [1.165, 1.54) is 6.07 Å². The van der Waals surface area contributed by atoms with Gasteiger partial charge < -0.3 is 5.32 Å². The van der Waals surface area contributed by atoms with Gasteiger partial charge in [0.15, 0.2) is 0 Å². The molecule has 0 saturated carbocycles. The van der Waals surface area contributed by atoms with Crippen LogP contribution in [0.25, 0.3) is 0 Å². The molecule has 108 valence electrons. The Morgan fingerprint density at radius 2 is 2.00 bits per heavy atom. The number of nitro benzene ring substituents is 1. The fraction of sp³-hybridized carbons (Fsp3) is 0. The van der Waals surface area contributed by atoms with E-state index < -0.39 is 22.3 Å². The Hall–Kier alpha value is -1.99. The first-order valence-electron chi connectivity index (χ1n) is 5.59. The number of carbonyl (C=O) groups excluding carboxylic acids is 1. The molecule has 2 aromatic carbocycles. The van der Waals surface area contributed by atoms with E-state index in [0.717, 1.165) is 18.2 Å². The number of amides is 1. The Labute approximate surface area is 132 Å². The Bertz CT molecular complexity index is 739. The third-order valence-corrected chi connectivity index (χ3v) is 3.47. The van der Waals surface area contributed by atoms with Crippen molar-refractivity contribution in [2.75, 3.05) is 5.32 Å². The molecule has 0 spiro atoms. The summed E-state index contributed by atoms with van der Waals surface area (Å²) in [6.07, 6.45) is 0. The first-order valence-corrected chi connectivity index (χ1v) is 6.76. The number of hydrogen-bond acceptors (Lipinski definition) is 3. The topological polar surface area (TPSA) is 72.2 Å². The maximum atomic E-state index is 13.2. The lowest BCUT2D eigenvalue weighted by molar-refractivity contribution is -0.385. The molecule has 0 bridgehead atoms. The van der Waals surface area contributed by atoms with Gasteiger partial charge in [0.1, 0.15) is 11.4 Å². The summed E-state index contributed by atoms with van der Waals surface area (Å²) in [6.45, 7) is 0. The molecule has 8 heteroatoms. The molecule has 0 atom stereocenters. The third kappa shape index (κ3) is 3.56. The van der Waals surface area contributed by atoms with Crippen LogP contribution in [0.4, 0.5) is 15.8 Å². The van der Waals surface area contributed by atoms with Crippen LogP contribution in [-0.2, 0) is 0 Å². The van der Waals surface area contributed by atoms with Gasteiger partial charge in [-0.15, -0.1) is 0 Å². The average Bonchev–Trinajstić information content (AvgIpc) is 2.41. The highest BCUT2D eigenvalue weighted by atomic mass is 79.9. The fourth-order valence-electron chi connectivity index (χ4n) is 1.63. The van der Waals surface area contributed by atoms with Gasteiger partial charge in [-0.3, -0.25) is 14.9 Å². The molecular weight excluding hydrogens is 367 g/mol. The Morgan fingerprint density at radius 1 is 1.29 bits per heavy atom. The van der Waals surface area contributed by atoms with E-state index in [0.29, 0.717) is 15.2 Å². The second-order valence-corrected chi connectivity index (χ2v) is 5.29. The minimum Gasteiger partial charge on any atom is -0.321 e. The fourth-order valence-corrected chi connectivity index (χ4v) is 2.41. The van der Waals surface area contributed by atoms with Gasteiger partial charge in [-0.1, -0.05) is 11.6 Å². The summed E-state index contributed by atoms with van der Waals surface area (Å²) in [7, 11) is 0. The molecule has 0 unspecified atom stereocenters. The summed E-state index contributed by atoms with van der Waals surface area (Å²) in [4.78, 5) is 22.2. The molecule has 2 rings (SSSR count). The summed E-state index contributed by atoms with van der Waals surface area (Å²) in [6, 6.07) is 7.31. The molecule has 1 amide bonds. The number of nitrogens with one attached hydrogen (secondary N) is 1. The molecule has 0 aromatic heterocycles. The van der Waals surface area contributed by atoms with Crippen LogP contribution in [0, 0.1) is 15.9 Å². The molecule has 5 nitrogen and oxygen atoms in total. The molecule has 2 aromatic rings. The molecule has 0 aliphatic heterocycles. The van der Waals surface area contributed by atoms with Crippen LogP contribution in [0.15, 0.2) is 40.9 Å². The van der Waals surface area contributed by atoms with E-state index in [1.807, 2.05) is 0 Å². The van der Waals surface area contributed by atoms with Crippen LogP contribution >= 0.6 is 27.5 Å². The van der Waals surface area contributed by atoms with Crippen LogP contribution in [-0.4, -0.2) is 10.8 Å². The number of hydrogen-bond donors (Lipinski definition) is 1. The van der Waals surface area contributed by atoms with Gasteiger partial charge in [-0.05, 0) is 46.3 Å². The number of nitro groups is 1. The second-order valence-electron chi connectivity index (χ2n) is 4.00. The lowest BCUT2D eigenvalue weighted by atomic mass is 10.1. The van der Waals surface area contributed by atoms with Gasteiger partial charge in [-0.25, -0.2) is 4.39 Å². The molecule has 1 N–H and O–H groups in total. The maximum absolute atomic E-state index is 13.2. The predicted octanol–water partition coefficient (Wildman–Crippen LogP) is 4.40. The Kier molecular flexibility index (Phi) is 4.54. The van der Waals surface area contributed by atoms with Crippen LogP contribution in [0.3, 0.4) is 0 Å².